The van der Waals surface area contributed by atoms with E-state index in [1.54, 1.807) is 6.92 Å². The van der Waals surface area contributed by atoms with Crippen LogP contribution in [-0.4, -0.2) is 38.9 Å². The van der Waals surface area contributed by atoms with Gasteiger partial charge in [-0.1, -0.05) is 6.92 Å². The van der Waals surface area contributed by atoms with Gasteiger partial charge in [0, 0.05) is 17.8 Å². The Morgan fingerprint density at radius 1 is 1.35 bits per heavy atom. The molecule has 9 nitrogen and oxygen atoms in total. The molecule has 108 valence electrons. The Kier molecular flexibility index (Phi) is 5.09. The number of phenolic OH excluding ortho intramolecular Hbond substituents is 1. The lowest BCUT2D eigenvalue weighted by molar-refractivity contribution is -0.394. The van der Waals surface area contributed by atoms with E-state index in [1.807, 2.05) is 0 Å². The summed E-state index contributed by atoms with van der Waals surface area (Å²) in [6.07, 6.45) is 1.60. The van der Waals surface area contributed by atoms with E-state index in [4.69, 9.17) is 5.11 Å². The second kappa shape index (κ2) is 6.57. The molecular formula is C11H13N3O6. The van der Waals surface area contributed by atoms with Crippen LogP contribution in [0.1, 0.15) is 18.9 Å². The number of aliphatic hydroxyl groups excluding tert-OH is 1. The van der Waals surface area contributed by atoms with Crippen LogP contribution in [0.25, 0.3) is 0 Å². The quantitative estimate of drug-likeness (QED) is 0.459. The minimum atomic E-state index is -0.914. The summed E-state index contributed by atoms with van der Waals surface area (Å²) in [7, 11) is 0. The van der Waals surface area contributed by atoms with Crippen molar-refractivity contribution < 1.29 is 20.1 Å². The normalized spacial score (nSPS) is 12.5. The molecule has 0 spiro atoms. The highest BCUT2D eigenvalue weighted by Gasteiger charge is 2.23. The Labute approximate surface area is 113 Å². The van der Waals surface area contributed by atoms with Crippen molar-refractivity contribution in [3.63, 3.8) is 0 Å². The van der Waals surface area contributed by atoms with Crippen LogP contribution in [0, 0.1) is 20.2 Å². The third-order valence-electron chi connectivity index (χ3n) is 2.62. The molecule has 0 heterocycles. The van der Waals surface area contributed by atoms with Gasteiger partial charge in [0.15, 0.2) is 0 Å². The van der Waals surface area contributed by atoms with Gasteiger partial charge in [-0.05, 0) is 6.42 Å². The molecule has 0 unspecified atom stereocenters. The van der Waals surface area contributed by atoms with E-state index in [9.17, 15) is 25.3 Å². The van der Waals surface area contributed by atoms with Gasteiger partial charge in [-0.15, -0.1) is 0 Å². The number of hydrogen-bond donors (Lipinski definition) is 2. The monoisotopic (exact) mass is 283 g/mol. The highest BCUT2D eigenvalue weighted by atomic mass is 16.6. The molecular weight excluding hydrogens is 270 g/mol. The minimum Gasteiger partial charge on any atom is -0.502 e. The Morgan fingerprint density at radius 2 is 2.00 bits per heavy atom. The topological polar surface area (TPSA) is 139 Å². The number of aliphatic imine (C=N–C) groups is 1. The predicted octanol–water partition coefficient (Wildman–Crippen LogP) is 1.40. The highest BCUT2D eigenvalue weighted by Crippen LogP contribution is 2.33. The van der Waals surface area contributed by atoms with E-state index in [2.05, 4.69) is 4.99 Å². The fourth-order valence-corrected chi connectivity index (χ4v) is 1.44. The highest BCUT2D eigenvalue weighted by molar-refractivity contribution is 5.87. The first-order chi connectivity index (χ1) is 9.40. The van der Waals surface area contributed by atoms with Gasteiger partial charge in [-0.25, -0.2) is 0 Å². The van der Waals surface area contributed by atoms with E-state index in [0.29, 0.717) is 12.5 Å². The SMILES string of the molecule is CC[C@H](CO)N=Cc1cc([N+](=O)[O-])cc([N+](=O)[O-])c1O. The summed E-state index contributed by atoms with van der Waals surface area (Å²) in [6, 6.07) is 1.22. The van der Waals surface area contributed by atoms with Crippen molar-refractivity contribution in [2.75, 3.05) is 6.61 Å². The molecule has 0 aliphatic heterocycles. The van der Waals surface area contributed by atoms with Gasteiger partial charge in [-0.3, -0.25) is 25.2 Å². The maximum Gasteiger partial charge on any atom is 0.318 e. The van der Waals surface area contributed by atoms with Crippen molar-refractivity contribution in [2.24, 2.45) is 4.99 Å². The zero-order chi connectivity index (χ0) is 15.3. The van der Waals surface area contributed by atoms with Crippen LogP contribution in [0.15, 0.2) is 17.1 Å². The summed E-state index contributed by atoms with van der Waals surface area (Å²) in [5, 5.41) is 40.1. The fraction of sp³-hybridized carbons (Fsp3) is 0.364. The molecule has 0 amide bonds. The van der Waals surface area contributed by atoms with E-state index >= 15 is 0 Å². The molecule has 0 saturated heterocycles. The van der Waals surface area contributed by atoms with E-state index in [-0.39, 0.29) is 12.2 Å². The largest absolute Gasteiger partial charge is 0.502 e. The van der Waals surface area contributed by atoms with Crippen molar-refractivity contribution in [3.8, 4) is 5.75 Å². The zero-order valence-electron chi connectivity index (χ0n) is 10.6. The summed E-state index contributed by atoms with van der Waals surface area (Å²) in [6.45, 7) is 1.54. The van der Waals surface area contributed by atoms with Crippen LogP contribution >= 0.6 is 0 Å². The number of rotatable bonds is 6. The summed E-state index contributed by atoms with van der Waals surface area (Å²) < 4.78 is 0. The number of nitrogens with zero attached hydrogens (tertiary/aromatic N) is 3. The van der Waals surface area contributed by atoms with Gasteiger partial charge >= 0.3 is 5.69 Å². The standard InChI is InChI=1S/C11H13N3O6/c1-2-8(6-15)12-5-7-3-9(13(17)18)4-10(11(7)16)14(19)20/h3-5,8,15-16H,2,6H2,1H3/t8-/m1/s1. The molecule has 1 aromatic carbocycles. The first-order valence-electron chi connectivity index (χ1n) is 5.70. The van der Waals surface area contributed by atoms with E-state index in [0.717, 1.165) is 12.3 Å². The lowest BCUT2D eigenvalue weighted by Gasteiger charge is -2.05. The number of aromatic hydroxyl groups is 1. The van der Waals surface area contributed by atoms with Crippen molar-refractivity contribution in [1.82, 2.24) is 0 Å². The predicted molar refractivity (Wildman–Crippen MR) is 70.2 cm³/mol. The molecule has 0 saturated carbocycles. The molecule has 0 aliphatic carbocycles. The van der Waals surface area contributed by atoms with Crippen LogP contribution in [0.4, 0.5) is 11.4 Å². The van der Waals surface area contributed by atoms with Gasteiger partial charge in [-0.2, -0.15) is 0 Å². The fourth-order valence-electron chi connectivity index (χ4n) is 1.44. The molecule has 1 rings (SSSR count). The summed E-state index contributed by atoms with van der Waals surface area (Å²) in [5.74, 6) is -0.697. The number of non-ortho nitro benzene ring substituents is 1. The average Bonchev–Trinajstić information content (AvgIpc) is 2.40. The van der Waals surface area contributed by atoms with Crippen LogP contribution in [0.2, 0.25) is 0 Å². The van der Waals surface area contributed by atoms with Gasteiger partial charge in [0.05, 0.1) is 28.6 Å². The minimum absolute atomic E-state index is 0.141. The average molecular weight is 283 g/mol. The maximum atomic E-state index is 10.7. The summed E-state index contributed by atoms with van der Waals surface area (Å²) in [4.78, 5) is 23.6. The number of nitro groups is 2. The molecule has 0 aliphatic rings. The number of benzene rings is 1. The molecule has 0 bridgehead atoms. The van der Waals surface area contributed by atoms with E-state index < -0.39 is 33.0 Å². The van der Waals surface area contributed by atoms with Crippen LogP contribution in [-0.2, 0) is 0 Å². The van der Waals surface area contributed by atoms with Crippen molar-refractivity contribution in [3.05, 3.63) is 37.9 Å². The molecule has 9 heteroatoms. The molecule has 0 radical (unpaired) electrons. The summed E-state index contributed by atoms with van der Waals surface area (Å²) >= 11 is 0. The lowest BCUT2D eigenvalue weighted by atomic mass is 10.1. The number of phenols is 1. The van der Waals surface area contributed by atoms with Crippen LogP contribution in [0.5, 0.6) is 5.75 Å². The molecule has 1 aromatic rings. The Balaban J connectivity index is 3.30. The molecule has 0 fully saturated rings. The zero-order valence-corrected chi connectivity index (χ0v) is 10.6. The van der Waals surface area contributed by atoms with E-state index in [1.165, 1.54) is 0 Å². The lowest BCUT2D eigenvalue weighted by Crippen LogP contribution is -2.08. The second-order valence-corrected chi connectivity index (χ2v) is 3.94. The molecule has 2 N–H and O–H groups in total. The van der Waals surface area contributed by atoms with Crippen LogP contribution < -0.4 is 0 Å². The van der Waals surface area contributed by atoms with Gasteiger partial charge in [0.25, 0.3) is 5.69 Å². The third-order valence-corrected chi connectivity index (χ3v) is 2.62. The number of hydrogen-bond acceptors (Lipinski definition) is 7. The first-order valence-corrected chi connectivity index (χ1v) is 5.70. The Morgan fingerprint density at radius 3 is 2.45 bits per heavy atom. The van der Waals surface area contributed by atoms with Gasteiger partial charge in [0.2, 0.25) is 5.75 Å². The number of nitro benzene ring substituents is 2. The van der Waals surface area contributed by atoms with Crippen LogP contribution in [0.3, 0.4) is 0 Å². The second-order valence-electron chi connectivity index (χ2n) is 3.94. The third kappa shape index (κ3) is 3.48. The Hall–Kier alpha value is -2.55. The van der Waals surface area contributed by atoms with Gasteiger partial charge in [0.1, 0.15) is 0 Å². The van der Waals surface area contributed by atoms with Crippen molar-refractivity contribution in [1.29, 1.82) is 0 Å². The smallest absolute Gasteiger partial charge is 0.318 e. The molecule has 20 heavy (non-hydrogen) atoms. The van der Waals surface area contributed by atoms with Crippen molar-refractivity contribution in [2.45, 2.75) is 19.4 Å². The van der Waals surface area contributed by atoms with Crippen molar-refractivity contribution >= 4 is 17.6 Å². The van der Waals surface area contributed by atoms with Gasteiger partial charge < -0.3 is 10.2 Å². The molecule has 0 aromatic heterocycles. The summed E-state index contributed by atoms with van der Waals surface area (Å²) in [5.41, 5.74) is -1.43. The first kappa shape index (κ1) is 15.5. The molecule has 1 atom stereocenters. The number of aliphatic hydroxyl groups is 1. The Bertz CT molecular complexity index is 553. The maximum absolute atomic E-state index is 10.7.